The maximum Gasteiger partial charge on any atom is 0.178 e. The lowest BCUT2D eigenvalue weighted by Crippen LogP contribution is -2.16. The molecule has 1 heterocycles. The summed E-state index contributed by atoms with van der Waals surface area (Å²) >= 11 is 5.26. The lowest BCUT2D eigenvalue weighted by molar-refractivity contribution is 0.318. The molecule has 1 aliphatic rings. The molecule has 1 aromatic heterocycles. The van der Waals surface area contributed by atoms with Crippen LogP contribution in [0.15, 0.2) is 18.2 Å². The third-order valence-corrected chi connectivity index (χ3v) is 3.42. The first-order chi connectivity index (χ1) is 7.25. The van der Waals surface area contributed by atoms with Crippen LogP contribution in [-0.4, -0.2) is 9.55 Å². The molecule has 15 heavy (non-hydrogen) atoms. The lowest BCUT2D eigenvalue weighted by atomic mass is 9.93. The molecule has 1 fully saturated rings. The van der Waals surface area contributed by atoms with E-state index in [1.54, 1.807) is 6.07 Å². The van der Waals surface area contributed by atoms with Gasteiger partial charge in [-0.15, -0.1) is 0 Å². The average Bonchev–Trinajstić information content (AvgIpc) is 2.40. The molecular weight excluding hydrogens is 211 g/mol. The second kappa shape index (κ2) is 3.17. The van der Waals surface area contributed by atoms with Crippen LogP contribution in [0.2, 0.25) is 0 Å². The van der Waals surface area contributed by atoms with Crippen molar-refractivity contribution in [2.75, 3.05) is 0 Å². The van der Waals surface area contributed by atoms with Gasteiger partial charge in [0.2, 0.25) is 0 Å². The predicted octanol–water partition coefficient (Wildman–Crippen LogP) is 3.56. The molecule has 2 aromatic rings. The zero-order valence-electron chi connectivity index (χ0n) is 8.16. The van der Waals surface area contributed by atoms with Crippen LogP contribution in [-0.2, 0) is 0 Å². The molecule has 1 aromatic carbocycles. The molecule has 3 rings (SSSR count). The summed E-state index contributed by atoms with van der Waals surface area (Å²) in [6.45, 7) is 0. The standard InChI is InChI=1S/C11H11FN2S/c12-7-4-5-10-9(6-7)13-11(15)14(10)8-2-1-3-8/h4-6,8H,1-3H2,(H,13,15). The Hall–Kier alpha value is -1.16. The van der Waals surface area contributed by atoms with Gasteiger partial charge in [0.05, 0.1) is 11.0 Å². The topological polar surface area (TPSA) is 20.7 Å². The predicted molar refractivity (Wildman–Crippen MR) is 60.0 cm³/mol. The van der Waals surface area contributed by atoms with Crippen molar-refractivity contribution >= 4 is 23.3 Å². The van der Waals surface area contributed by atoms with Crippen LogP contribution in [0.25, 0.3) is 11.0 Å². The number of fused-ring (bicyclic) bond motifs is 1. The number of rotatable bonds is 1. The van der Waals surface area contributed by atoms with E-state index in [0.29, 0.717) is 10.8 Å². The Morgan fingerprint density at radius 3 is 2.87 bits per heavy atom. The van der Waals surface area contributed by atoms with Gasteiger partial charge in [-0.1, -0.05) is 0 Å². The fourth-order valence-corrected chi connectivity index (χ4v) is 2.47. The minimum atomic E-state index is -0.223. The van der Waals surface area contributed by atoms with Gasteiger partial charge in [0.25, 0.3) is 0 Å². The largest absolute Gasteiger partial charge is 0.330 e. The number of H-pyrrole nitrogens is 1. The molecule has 0 aliphatic heterocycles. The van der Waals surface area contributed by atoms with Gasteiger partial charge < -0.3 is 9.55 Å². The number of nitrogens with one attached hydrogen (secondary N) is 1. The smallest absolute Gasteiger partial charge is 0.178 e. The normalized spacial score (nSPS) is 16.9. The highest BCUT2D eigenvalue weighted by atomic mass is 32.1. The van der Waals surface area contributed by atoms with Gasteiger partial charge in [-0.25, -0.2) is 4.39 Å². The van der Waals surface area contributed by atoms with Crippen LogP contribution in [0.3, 0.4) is 0 Å². The molecule has 1 N–H and O–H groups in total. The van der Waals surface area contributed by atoms with Crippen molar-refractivity contribution in [3.05, 3.63) is 28.8 Å². The van der Waals surface area contributed by atoms with E-state index in [1.807, 2.05) is 0 Å². The summed E-state index contributed by atoms with van der Waals surface area (Å²) in [5.41, 5.74) is 1.82. The highest BCUT2D eigenvalue weighted by Crippen LogP contribution is 2.34. The van der Waals surface area contributed by atoms with Crippen molar-refractivity contribution in [2.24, 2.45) is 0 Å². The highest BCUT2D eigenvalue weighted by molar-refractivity contribution is 7.71. The summed E-state index contributed by atoms with van der Waals surface area (Å²) in [6.07, 6.45) is 3.62. The van der Waals surface area contributed by atoms with E-state index >= 15 is 0 Å². The van der Waals surface area contributed by atoms with Gasteiger partial charge in [-0.05, 0) is 49.7 Å². The summed E-state index contributed by atoms with van der Waals surface area (Å²) in [5.74, 6) is -0.223. The number of aromatic amines is 1. The molecule has 0 spiro atoms. The van der Waals surface area contributed by atoms with Crippen molar-refractivity contribution in [3.8, 4) is 0 Å². The number of halogens is 1. The SMILES string of the molecule is Fc1ccc2c(c1)[nH]c(=S)n2C1CCC1. The van der Waals surface area contributed by atoms with Crippen LogP contribution in [0.1, 0.15) is 25.3 Å². The van der Waals surface area contributed by atoms with Gasteiger partial charge in [0.1, 0.15) is 5.82 Å². The number of benzene rings is 1. The quantitative estimate of drug-likeness (QED) is 0.732. The monoisotopic (exact) mass is 222 g/mol. The number of nitrogens with zero attached hydrogens (tertiary/aromatic N) is 1. The molecule has 0 unspecified atom stereocenters. The van der Waals surface area contributed by atoms with E-state index in [9.17, 15) is 4.39 Å². The molecule has 0 amide bonds. The Kier molecular flexibility index (Phi) is 1.92. The fourth-order valence-electron chi connectivity index (χ4n) is 2.11. The third-order valence-electron chi connectivity index (χ3n) is 3.12. The maximum absolute atomic E-state index is 13.0. The van der Waals surface area contributed by atoms with Gasteiger partial charge in [-0.2, -0.15) is 0 Å². The van der Waals surface area contributed by atoms with Crippen LogP contribution in [0.4, 0.5) is 4.39 Å². The second-order valence-electron chi connectivity index (χ2n) is 4.05. The van der Waals surface area contributed by atoms with Crippen LogP contribution >= 0.6 is 12.2 Å². The molecule has 1 saturated carbocycles. The molecule has 1 aliphatic carbocycles. The number of hydrogen-bond donors (Lipinski definition) is 1. The minimum Gasteiger partial charge on any atom is -0.330 e. The number of hydrogen-bond acceptors (Lipinski definition) is 1. The van der Waals surface area contributed by atoms with Gasteiger partial charge in [0, 0.05) is 6.04 Å². The van der Waals surface area contributed by atoms with Crippen LogP contribution in [0, 0.1) is 10.6 Å². The highest BCUT2D eigenvalue weighted by Gasteiger charge is 2.21. The van der Waals surface area contributed by atoms with Gasteiger partial charge in [-0.3, -0.25) is 0 Å². The van der Waals surface area contributed by atoms with Crippen LogP contribution in [0.5, 0.6) is 0 Å². The first-order valence-corrected chi connectivity index (χ1v) is 5.56. The van der Waals surface area contributed by atoms with E-state index in [1.165, 1.54) is 31.4 Å². The summed E-state index contributed by atoms with van der Waals surface area (Å²) in [4.78, 5) is 3.05. The van der Waals surface area contributed by atoms with Crippen molar-refractivity contribution < 1.29 is 4.39 Å². The summed E-state index contributed by atoms with van der Waals surface area (Å²) in [6, 6.07) is 5.30. The van der Waals surface area contributed by atoms with Crippen molar-refractivity contribution in [1.82, 2.24) is 9.55 Å². The number of imidazole rings is 1. The molecule has 78 valence electrons. The van der Waals surface area contributed by atoms with E-state index in [4.69, 9.17) is 12.2 Å². The van der Waals surface area contributed by atoms with Crippen LogP contribution < -0.4 is 0 Å². The third kappa shape index (κ3) is 1.32. The van der Waals surface area contributed by atoms with E-state index in [0.717, 1.165) is 11.0 Å². The first kappa shape index (κ1) is 9.09. The molecule has 2 nitrogen and oxygen atoms in total. The molecule has 0 saturated heterocycles. The Morgan fingerprint density at radius 1 is 1.40 bits per heavy atom. The summed E-state index contributed by atoms with van der Waals surface area (Å²) in [7, 11) is 0. The maximum atomic E-state index is 13.0. The summed E-state index contributed by atoms with van der Waals surface area (Å²) < 4.78 is 15.8. The second-order valence-corrected chi connectivity index (χ2v) is 4.43. The Morgan fingerprint density at radius 2 is 2.20 bits per heavy atom. The van der Waals surface area contributed by atoms with E-state index in [2.05, 4.69) is 9.55 Å². The summed E-state index contributed by atoms with van der Waals surface area (Å²) in [5, 5.41) is 0. The van der Waals surface area contributed by atoms with Gasteiger partial charge >= 0.3 is 0 Å². The number of aromatic nitrogens is 2. The zero-order valence-corrected chi connectivity index (χ0v) is 8.98. The molecular formula is C11H11FN2S. The van der Waals surface area contributed by atoms with Crippen molar-refractivity contribution in [3.63, 3.8) is 0 Å². The lowest BCUT2D eigenvalue weighted by Gasteiger charge is -2.27. The fraction of sp³-hybridized carbons (Fsp3) is 0.364. The molecule has 4 heteroatoms. The van der Waals surface area contributed by atoms with Gasteiger partial charge in [0.15, 0.2) is 4.77 Å². The zero-order chi connectivity index (χ0) is 10.4. The Balaban J connectivity index is 2.27. The minimum absolute atomic E-state index is 0.223. The average molecular weight is 222 g/mol. The molecule has 0 bridgehead atoms. The van der Waals surface area contributed by atoms with E-state index in [-0.39, 0.29) is 5.82 Å². The van der Waals surface area contributed by atoms with Crippen molar-refractivity contribution in [1.29, 1.82) is 0 Å². The van der Waals surface area contributed by atoms with Crippen molar-refractivity contribution in [2.45, 2.75) is 25.3 Å². The Bertz CT molecular complexity index is 565. The molecule has 0 radical (unpaired) electrons. The first-order valence-electron chi connectivity index (χ1n) is 5.15. The Labute approximate surface area is 91.7 Å². The van der Waals surface area contributed by atoms with E-state index < -0.39 is 0 Å². The molecule has 0 atom stereocenters.